The van der Waals surface area contributed by atoms with Crippen LogP contribution in [0.15, 0.2) is 21.4 Å². The number of rotatable bonds is 1. The number of carbonyl (C=O) groups is 1. The van der Waals surface area contributed by atoms with Gasteiger partial charge in [-0.2, -0.15) is 11.8 Å². The molecule has 1 aliphatic rings. The fourth-order valence-corrected chi connectivity index (χ4v) is 3.70. The van der Waals surface area contributed by atoms with Crippen LogP contribution >= 0.6 is 27.7 Å². The highest BCUT2D eigenvalue weighted by molar-refractivity contribution is 9.10. The van der Waals surface area contributed by atoms with Crippen molar-refractivity contribution in [1.29, 1.82) is 0 Å². The van der Waals surface area contributed by atoms with Crippen LogP contribution in [-0.4, -0.2) is 34.4 Å². The van der Waals surface area contributed by atoms with Crippen LogP contribution in [0, 0.1) is 0 Å². The van der Waals surface area contributed by atoms with Crippen molar-refractivity contribution in [3.63, 3.8) is 0 Å². The Hall–Kier alpha value is -0.420. The summed E-state index contributed by atoms with van der Waals surface area (Å²) >= 11 is 5.18. The molecule has 0 saturated carbocycles. The van der Waals surface area contributed by atoms with E-state index in [4.69, 9.17) is 4.42 Å². The van der Waals surface area contributed by atoms with Gasteiger partial charge in [0.15, 0.2) is 4.67 Å². The van der Waals surface area contributed by atoms with Gasteiger partial charge in [0.05, 0.1) is 11.8 Å². The van der Waals surface area contributed by atoms with E-state index in [9.17, 15) is 4.79 Å². The fraction of sp³-hybridized carbons (Fsp3) is 0.545. The van der Waals surface area contributed by atoms with Crippen molar-refractivity contribution >= 4 is 33.6 Å². The van der Waals surface area contributed by atoms with Crippen molar-refractivity contribution in [1.82, 2.24) is 4.90 Å². The Labute approximate surface area is 108 Å². The molecule has 1 fully saturated rings. The van der Waals surface area contributed by atoms with Crippen molar-refractivity contribution in [3.05, 3.63) is 22.6 Å². The van der Waals surface area contributed by atoms with Gasteiger partial charge in [-0.15, -0.1) is 0 Å². The minimum absolute atomic E-state index is 0.0552. The van der Waals surface area contributed by atoms with Crippen LogP contribution in [-0.2, 0) is 0 Å². The van der Waals surface area contributed by atoms with E-state index >= 15 is 0 Å². The molecule has 0 aliphatic carbocycles. The smallest absolute Gasteiger partial charge is 0.258 e. The molecule has 1 aromatic rings. The summed E-state index contributed by atoms with van der Waals surface area (Å²) in [6, 6.07) is 1.71. The Morgan fingerprint density at radius 3 is 2.62 bits per heavy atom. The Bertz CT molecular complexity index is 383. The van der Waals surface area contributed by atoms with Crippen molar-refractivity contribution in [2.45, 2.75) is 24.3 Å². The highest BCUT2D eigenvalue weighted by atomic mass is 79.9. The summed E-state index contributed by atoms with van der Waals surface area (Å²) in [5.41, 5.74) is 0.617. The average molecular weight is 304 g/mol. The Balaban J connectivity index is 2.13. The van der Waals surface area contributed by atoms with E-state index < -0.39 is 0 Å². The first-order valence-corrected chi connectivity index (χ1v) is 6.99. The van der Waals surface area contributed by atoms with Crippen molar-refractivity contribution in [2.75, 3.05) is 13.1 Å². The van der Waals surface area contributed by atoms with Gasteiger partial charge in [0.1, 0.15) is 0 Å². The van der Waals surface area contributed by atoms with Crippen molar-refractivity contribution in [2.24, 2.45) is 0 Å². The molecule has 16 heavy (non-hydrogen) atoms. The topological polar surface area (TPSA) is 33.5 Å². The quantitative estimate of drug-likeness (QED) is 0.799. The molecular formula is C11H14BrNO2S. The van der Waals surface area contributed by atoms with Crippen molar-refractivity contribution < 1.29 is 9.21 Å². The number of hydrogen-bond donors (Lipinski definition) is 0. The molecule has 3 nitrogen and oxygen atoms in total. The van der Waals surface area contributed by atoms with E-state index in [2.05, 4.69) is 29.8 Å². The number of nitrogens with zero attached hydrogens (tertiary/aromatic N) is 1. The van der Waals surface area contributed by atoms with E-state index in [0.29, 0.717) is 20.7 Å². The molecule has 2 heterocycles. The third kappa shape index (κ3) is 2.46. The van der Waals surface area contributed by atoms with Crippen LogP contribution in [0.1, 0.15) is 24.2 Å². The second kappa shape index (κ2) is 4.84. The molecule has 2 rings (SSSR count). The SMILES string of the molecule is CC1CN(C(=O)c2ccoc2Br)CC(C)S1. The normalized spacial score (nSPS) is 25.8. The molecule has 0 radical (unpaired) electrons. The average Bonchev–Trinajstić information content (AvgIpc) is 2.62. The summed E-state index contributed by atoms with van der Waals surface area (Å²) in [7, 11) is 0. The van der Waals surface area contributed by atoms with Crippen LogP contribution in [0.25, 0.3) is 0 Å². The molecule has 2 atom stereocenters. The molecule has 0 spiro atoms. The Kier molecular flexibility index (Phi) is 3.64. The van der Waals surface area contributed by atoms with Crippen LogP contribution in [0.5, 0.6) is 0 Å². The lowest BCUT2D eigenvalue weighted by molar-refractivity contribution is 0.0751. The van der Waals surface area contributed by atoms with Crippen LogP contribution in [0.4, 0.5) is 0 Å². The second-order valence-electron chi connectivity index (χ2n) is 4.08. The number of hydrogen-bond acceptors (Lipinski definition) is 3. The number of furan rings is 1. The molecule has 0 bridgehead atoms. The van der Waals surface area contributed by atoms with E-state index in [1.54, 1.807) is 6.07 Å². The Morgan fingerprint density at radius 2 is 2.12 bits per heavy atom. The molecule has 1 aromatic heterocycles. The van der Waals surface area contributed by atoms with Gasteiger partial charge in [0.2, 0.25) is 0 Å². The summed E-state index contributed by atoms with van der Waals surface area (Å²) in [5.74, 6) is 0.0552. The molecule has 1 aliphatic heterocycles. The van der Waals surface area contributed by atoms with Gasteiger partial charge in [-0.25, -0.2) is 0 Å². The van der Waals surface area contributed by atoms with Gasteiger partial charge in [0.25, 0.3) is 5.91 Å². The number of carbonyl (C=O) groups excluding carboxylic acids is 1. The molecule has 1 amide bonds. The molecule has 0 aromatic carbocycles. The number of halogens is 1. The van der Waals surface area contributed by atoms with Gasteiger partial charge in [0, 0.05) is 23.6 Å². The lowest BCUT2D eigenvalue weighted by atomic mass is 10.2. The minimum Gasteiger partial charge on any atom is -0.457 e. The molecule has 1 saturated heterocycles. The molecule has 2 unspecified atom stereocenters. The number of thioether (sulfide) groups is 1. The minimum atomic E-state index is 0.0552. The highest BCUT2D eigenvalue weighted by Crippen LogP contribution is 2.27. The predicted octanol–water partition coefficient (Wildman–Crippen LogP) is 3.01. The lowest BCUT2D eigenvalue weighted by Crippen LogP contribution is -2.44. The molecule has 5 heteroatoms. The maximum atomic E-state index is 12.2. The van der Waals surface area contributed by atoms with E-state index in [0.717, 1.165) is 13.1 Å². The highest BCUT2D eigenvalue weighted by Gasteiger charge is 2.28. The van der Waals surface area contributed by atoms with Gasteiger partial charge >= 0.3 is 0 Å². The molecular weight excluding hydrogens is 290 g/mol. The van der Waals surface area contributed by atoms with Crippen LogP contribution in [0.3, 0.4) is 0 Å². The maximum Gasteiger partial charge on any atom is 0.258 e. The first-order valence-electron chi connectivity index (χ1n) is 5.25. The fourth-order valence-electron chi connectivity index (χ4n) is 1.96. The zero-order valence-electron chi connectivity index (χ0n) is 9.27. The first kappa shape index (κ1) is 12.0. The summed E-state index contributed by atoms with van der Waals surface area (Å²) in [6.45, 7) is 5.94. The van der Waals surface area contributed by atoms with Crippen LogP contribution < -0.4 is 0 Å². The first-order chi connectivity index (χ1) is 7.58. The van der Waals surface area contributed by atoms with E-state index in [1.807, 2.05) is 16.7 Å². The van der Waals surface area contributed by atoms with Crippen LogP contribution in [0.2, 0.25) is 0 Å². The lowest BCUT2D eigenvalue weighted by Gasteiger charge is -2.34. The maximum absolute atomic E-state index is 12.2. The summed E-state index contributed by atoms with van der Waals surface area (Å²) in [5, 5.41) is 0.997. The zero-order chi connectivity index (χ0) is 11.7. The Morgan fingerprint density at radius 1 is 1.50 bits per heavy atom. The van der Waals surface area contributed by atoms with Gasteiger partial charge in [-0.05, 0) is 22.0 Å². The second-order valence-corrected chi connectivity index (χ2v) is 6.68. The third-order valence-corrected chi connectivity index (χ3v) is 4.40. The van der Waals surface area contributed by atoms with E-state index in [1.165, 1.54) is 6.26 Å². The third-order valence-electron chi connectivity index (χ3n) is 2.56. The largest absolute Gasteiger partial charge is 0.457 e. The predicted molar refractivity (Wildman–Crippen MR) is 68.8 cm³/mol. The monoisotopic (exact) mass is 303 g/mol. The van der Waals surface area contributed by atoms with E-state index in [-0.39, 0.29) is 5.91 Å². The van der Waals surface area contributed by atoms with Gasteiger partial charge in [-0.1, -0.05) is 13.8 Å². The number of amides is 1. The summed E-state index contributed by atoms with van der Waals surface area (Å²) < 4.78 is 5.62. The molecule has 88 valence electrons. The summed E-state index contributed by atoms with van der Waals surface area (Å²) in [4.78, 5) is 14.1. The summed E-state index contributed by atoms with van der Waals surface area (Å²) in [6.07, 6.45) is 1.53. The van der Waals surface area contributed by atoms with Gasteiger partial charge < -0.3 is 9.32 Å². The van der Waals surface area contributed by atoms with Gasteiger partial charge in [-0.3, -0.25) is 4.79 Å². The standard InChI is InChI=1S/C11H14BrNO2S/c1-7-5-13(6-8(2)16-7)11(14)9-3-4-15-10(9)12/h3-4,7-8H,5-6H2,1-2H3. The molecule has 0 N–H and O–H groups in total. The zero-order valence-corrected chi connectivity index (χ0v) is 11.7. The van der Waals surface area contributed by atoms with Crippen molar-refractivity contribution in [3.8, 4) is 0 Å².